The van der Waals surface area contributed by atoms with E-state index < -0.39 is 0 Å². The molecule has 2 rings (SSSR count). The molecule has 0 spiro atoms. The van der Waals surface area contributed by atoms with Crippen LogP contribution >= 0.6 is 0 Å². The van der Waals surface area contributed by atoms with Gasteiger partial charge in [-0.25, -0.2) is 0 Å². The summed E-state index contributed by atoms with van der Waals surface area (Å²) in [5, 5.41) is 3.55. The summed E-state index contributed by atoms with van der Waals surface area (Å²) in [5.41, 5.74) is 2.69. The van der Waals surface area contributed by atoms with Crippen molar-refractivity contribution >= 4 is 5.69 Å². The fourth-order valence-electron chi connectivity index (χ4n) is 2.14. The third-order valence-corrected chi connectivity index (χ3v) is 3.44. The van der Waals surface area contributed by atoms with Crippen LogP contribution in [0.25, 0.3) is 0 Å². The minimum absolute atomic E-state index is 0.976. The molecule has 1 aliphatic rings. The lowest BCUT2D eigenvalue weighted by molar-refractivity contribution is 0.626. The molecule has 1 aromatic carbocycles. The Morgan fingerprint density at radius 1 is 1.35 bits per heavy atom. The molecular formula is C15H24N2. The number of benzene rings is 1. The molecular weight excluding hydrogens is 208 g/mol. The molecule has 0 unspecified atom stereocenters. The number of nitrogens with one attached hydrogen (secondary N) is 1. The zero-order valence-electron chi connectivity index (χ0n) is 11.1. The largest absolute Gasteiger partial charge is 0.371 e. The molecule has 0 bridgehead atoms. The molecule has 1 saturated carbocycles. The predicted molar refractivity (Wildman–Crippen MR) is 74.7 cm³/mol. The van der Waals surface area contributed by atoms with Crippen LogP contribution in [0.15, 0.2) is 24.3 Å². The van der Waals surface area contributed by atoms with E-state index in [1.54, 1.807) is 0 Å². The summed E-state index contributed by atoms with van der Waals surface area (Å²) in [5.74, 6) is 0.976. The molecule has 0 aromatic heterocycles. The Labute approximate surface area is 105 Å². The normalized spacial score (nSPS) is 14.9. The molecule has 1 fully saturated rings. The maximum atomic E-state index is 3.55. The van der Waals surface area contributed by atoms with E-state index in [1.165, 1.54) is 30.6 Å². The van der Waals surface area contributed by atoms with Crippen LogP contribution in [0.2, 0.25) is 0 Å². The first kappa shape index (κ1) is 12.4. The number of nitrogens with zero attached hydrogens (tertiary/aromatic N) is 1. The second kappa shape index (κ2) is 6.06. The highest BCUT2D eigenvalue weighted by Crippen LogP contribution is 2.27. The number of hydrogen-bond acceptors (Lipinski definition) is 2. The highest BCUT2D eigenvalue weighted by Gasteiger charge is 2.20. The van der Waals surface area contributed by atoms with E-state index >= 15 is 0 Å². The zero-order valence-corrected chi connectivity index (χ0v) is 11.1. The molecule has 2 nitrogen and oxygen atoms in total. The van der Waals surface area contributed by atoms with Gasteiger partial charge >= 0.3 is 0 Å². The van der Waals surface area contributed by atoms with Gasteiger partial charge in [0, 0.05) is 25.3 Å². The maximum absolute atomic E-state index is 3.55. The van der Waals surface area contributed by atoms with E-state index in [0.29, 0.717) is 0 Å². The Bertz CT molecular complexity index is 345. The van der Waals surface area contributed by atoms with Crippen molar-refractivity contribution < 1.29 is 0 Å². The van der Waals surface area contributed by atoms with Gasteiger partial charge < -0.3 is 10.2 Å². The van der Waals surface area contributed by atoms with Crippen LogP contribution in [0.5, 0.6) is 0 Å². The van der Waals surface area contributed by atoms with Crippen LogP contribution in [0.1, 0.15) is 25.3 Å². The Morgan fingerprint density at radius 2 is 2.18 bits per heavy atom. The van der Waals surface area contributed by atoms with Gasteiger partial charge in [0.2, 0.25) is 0 Å². The third-order valence-electron chi connectivity index (χ3n) is 3.44. The zero-order chi connectivity index (χ0) is 12.1. The van der Waals surface area contributed by atoms with Crippen molar-refractivity contribution in [1.29, 1.82) is 0 Å². The molecule has 0 heterocycles. The summed E-state index contributed by atoms with van der Waals surface area (Å²) in [6.07, 6.45) is 2.87. The average Bonchev–Trinajstić information content (AvgIpc) is 3.13. The lowest BCUT2D eigenvalue weighted by atomic mass is 10.2. The van der Waals surface area contributed by atoms with E-state index in [1.807, 2.05) is 0 Å². The topological polar surface area (TPSA) is 15.3 Å². The van der Waals surface area contributed by atoms with Gasteiger partial charge in [-0.1, -0.05) is 12.1 Å². The second-order valence-electron chi connectivity index (χ2n) is 5.07. The maximum Gasteiger partial charge on any atom is 0.0369 e. The third kappa shape index (κ3) is 4.04. The standard InChI is InChI=1S/C15H24N2/c1-3-17(10-9-16-12-14-7-8-14)15-6-4-5-13(2)11-15/h4-6,11,14,16H,3,7-10,12H2,1-2H3. The van der Waals surface area contributed by atoms with Crippen molar-refractivity contribution in [3.63, 3.8) is 0 Å². The van der Waals surface area contributed by atoms with E-state index in [-0.39, 0.29) is 0 Å². The number of likely N-dealkylation sites (N-methyl/N-ethyl adjacent to an activating group) is 1. The molecule has 94 valence electrons. The van der Waals surface area contributed by atoms with Crippen LogP contribution in [0.3, 0.4) is 0 Å². The Morgan fingerprint density at radius 3 is 2.82 bits per heavy atom. The molecule has 1 aliphatic carbocycles. The quantitative estimate of drug-likeness (QED) is 0.727. The molecule has 0 aliphatic heterocycles. The van der Waals surface area contributed by atoms with Gasteiger partial charge in [-0.15, -0.1) is 0 Å². The highest BCUT2D eigenvalue weighted by atomic mass is 15.1. The van der Waals surface area contributed by atoms with E-state index in [0.717, 1.165) is 25.6 Å². The van der Waals surface area contributed by atoms with Crippen molar-refractivity contribution in [3.05, 3.63) is 29.8 Å². The van der Waals surface area contributed by atoms with Crippen molar-refractivity contribution in [1.82, 2.24) is 5.32 Å². The summed E-state index contributed by atoms with van der Waals surface area (Å²) >= 11 is 0. The molecule has 2 heteroatoms. The molecule has 0 saturated heterocycles. The minimum atomic E-state index is 0.976. The summed E-state index contributed by atoms with van der Waals surface area (Å²) < 4.78 is 0. The Kier molecular flexibility index (Phi) is 4.43. The van der Waals surface area contributed by atoms with Crippen molar-refractivity contribution in [2.45, 2.75) is 26.7 Å². The van der Waals surface area contributed by atoms with Crippen molar-refractivity contribution in [3.8, 4) is 0 Å². The van der Waals surface area contributed by atoms with E-state index in [9.17, 15) is 0 Å². The van der Waals surface area contributed by atoms with Gasteiger partial charge in [0.05, 0.1) is 0 Å². The molecule has 1 aromatic rings. The van der Waals surface area contributed by atoms with Crippen molar-refractivity contribution in [2.24, 2.45) is 5.92 Å². The summed E-state index contributed by atoms with van der Waals surface area (Å²) in [4.78, 5) is 2.44. The number of aryl methyl sites for hydroxylation is 1. The summed E-state index contributed by atoms with van der Waals surface area (Å²) in [6.45, 7) is 8.87. The van der Waals surface area contributed by atoms with E-state index in [4.69, 9.17) is 0 Å². The lowest BCUT2D eigenvalue weighted by Crippen LogP contribution is -2.32. The van der Waals surface area contributed by atoms with Crippen LogP contribution in [0, 0.1) is 12.8 Å². The first-order chi connectivity index (χ1) is 8.29. The monoisotopic (exact) mass is 232 g/mol. The minimum Gasteiger partial charge on any atom is -0.371 e. The summed E-state index contributed by atoms with van der Waals surface area (Å²) in [7, 11) is 0. The first-order valence-corrected chi connectivity index (χ1v) is 6.82. The Hall–Kier alpha value is -1.02. The Balaban J connectivity index is 1.78. The molecule has 0 atom stereocenters. The molecule has 17 heavy (non-hydrogen) atoms. The van der Waals surface area contributed by atoms with Crippen LogP contribution in [-0.4, -0.2) is 26.2 Å². The fourth-order valence-corrected chi connectivity index (χ4v) is 2.14. The first-order valence-electron chi connectivity index (χ1n) is 6.82. The molecule has 0 radical (unpaired) electrons. The van der Waals surface area contributed by atoms with Crippen molar-refractivity contribution in [2.75, 3.05) is 31.1 Å². The molecule has 1 N–H and O–H groups in total. The van der Waals surface area contributed by atoms with Gasteiger partial charge in [0.25, 0.3) is 0 Å². The average molecular weight is 232 g/mol. The number of hydrogen-bond donors (Lipinski definition) is 1. The SMILES string of the molecule is CCN(CCNCC1CC1)c1cccc(C)c1. The number of anilines is 1. The van der Waals surface area contributed by atoms with Crippen LogP contribution in [0.4, 0.5) is 5.69 Å². The van der Waals surface area contributed by atoms with Crippen LogP contribution in [-0.2, 0) is 0 Å². The van der Waals surface area contributed by atoms with Gasteiger partial charge in [0.1, 0.15) is 0 Å². The van der Waals surface area contributed by atoms with Crippen LogP contribution < -0.4 is 10.2 Å². The lowest BCUT2D eigenvalue weighted by Gasteiger charge is -2.23. The highest BCUT2D eigenvalue weighted by molar-refractivity contribution is 5.48. The van der Waals surface area contributed by atoms with Gasteiger partial charge in [-0.3, -0.25) is 0 Å². The smallest absolute Gasteiger partial charge is 0.0369 e. The number of rotatable bonds is 7. The predicted octanol–water partition coefficient (Wildman–Crippen LogP) is 2.82. The van der Waals surface area contributed by atoms with Gasteiger partial charge in [0.15, 0.2) is 0 Å². The van der Waals surface area contributed by atoms with E-state index in [2.05, 4.69) is 48.3 Å². The van der Waals surface area contributed by atoms with Gasteiger partial charge in [-0.05, 0) is 56.8 Å². The van der Waals surface area contributed by atoms with Gasteiger partial charge in [-0.2, -0.15) is 0 Å². The summed E-state index contributed by atoms with van der Waals surface area (Å²) in [6, 6.07) is 8.77. The fraction of sp³-hybridized carbons (Fsp3) is 0.600. The second-order valence-corrected chi connectivity index (χ2v) is 5.07. The molecule has 0 amide bonds.